The Balaban J connectivity index is 1.70. The summed E-state index contributed by atoms with van der Waals surface area (Å²) in [5.41, 5.74) is 4.77. The van der Waals surface area contributed by atoms with Gasteiger partial charge in [0.15, 0.2) is 0 Å². The van der Waals surface area contributed by atoms with E-state index in [4.69, 9.17) is 11.6 Å². The van der Waals surface area contributed by atoms with Crippen molar-refractivity contribution in [2.75, 3.05) is 13.1 Å². The maximum Gasteiger partial charge on any atom is 0.222 e. The molecule has 6 nitrogen and oxygen atoms in total. The Labute approximate surface area is 169 Å². The number of piperidine rings is 1. The summed E-state index contributed by atoms with van der Waals surface area (Å²) in [6.07, 6.45) is 5.67. The largest absolute Gasteiger partial charge is 0.343 e. The maximum atomic E-state index is 12.0. The van der Waals surface area contributed by atoms with E-state index < -0.39 is 0 Å². The van der Waals surface area contributed by atoms with Gasteiger partial charge < -0.3 is 4.90 Å². The quantitative estimate of drug-likeness (QED) is 0.714. The topological polar surface area (TPSA) is 74.8 Å². The van der Waals surface area contributed by atoms with Crippen LogP contribution in [0.15, 0.2) is 42.9 Å². The Hall–Kier alpha value is -2.73. The van der Waals surface area contributed by atoms with Crippen LogP contribution in [0.1, 0.15) is 37.8 Å². The number of nitrogens with one attached hydrogen (secondary N) is 1. The molecule has 0 unspecified atom stereocenters. The average Bonchev–Trinajstić information content (AvgIpc) is 3.19. The maximum absolute atomic E-state index is 12.0. The van der Waals surface area contributed by atoms with Gasteiger partial charge in [-0.1, -0.05) is 30.7 Å². The van der Waals surface area contributed by atoms with Gasteiger partial charge in [-0.2, -0.15) is 5.10 Å². The third-order valence-electron chi connectivity index (χ3n) is 5.31. The van der Waals surface area contributed by atoms with E-state index in [0.29, 0.717) is 17.4 Å². The number of halogens is 1. The van der Waals surface area contributed by atoms with E-state index in [9.17, 15) is 4.79 Å². The zero-order chi connectivity index (χ0) is 19.5. The lowest BCUT2D eigenvalue weighted by atomic mass is 9.88. The lowest BCUT2D eigenvalue weighted by Crippen LogP contribution is -2.37. The Morgan fingerprint density at radius 2 is 1.96 bits per heavy atom. The van der Waals surface area contributed by atoms with E-state index in [1.54, 1.807) is 12.5 Å². The van der Waals surface area contributed by atoms with E-state index in [1.165, 1.54) is 0 Å². The predicted molar refractivity (Wildman–Crippen MR) is 109 cm³/mol. The summed E-state index contributed by atoms with van der Waals surface area (Å²) in [6.45, 7) is 3.46. The molecule has 0 saturated carbocycles. The number of rotatable bonds is 4. The standard InChI is InChI=1S/C21H22ClN5O/c1-2-18(28)27-11-8-15(9-12-27)21-19(17-7-10-23-13-24-17)20(25-26-21)14-3-5-16(22)6-4-14/h3-7,10,13,15H,2,8-9,11-12H2,1H3,(H,25,26). The molecule has 144 valence electrons. The molecule has 1 N–H and O–H groups in total. The van der Waals surface area contributed by atoms with Crippen LogP contribution in [0.4, 0.5) is 0 Å². The van der Waals surface area contributed by atoms with Crippen LogP contribution in [-0.4, -0.2) is 44.1 Å². The molecule has 1 amide bonds. The Bertz CT molecular complexity index is 947. The number of carbonyl (C=O) groups is 1. The zero-order valence-electron chi connectivity index (χ0n) is 15.7. The molecule has 0 aliphatic carbocycles. The molecule has 1 saturated heterocycles. The van der Waals surface area contributed by atoms with E-state index in [0.717, 1.165) is 54.1 Å². The van der Waals surface area contributed by atoms with Gasteiger partial charge in [-0.05, 0) is 31.0 Å². The van der Waals surface area contributed by atoms with Crippen molar-refractivity contribution in [3.63, 3.8) is 0 Å². The minimum atomic E-state index is 0.223. The molecule has 1 aromatic carbocycles. The number of amides is 1. The Morgan fingerprint density at radius 1 is 1.21 bits per heavy atom. The summed E-state index contributed by atoms with van der Waals surface area (Å²) < 4.78 is 0. The second-order valence-corrected chi connectivity index (χ2v) is 7.41. The second-order valence-electron chi connectivity index (χ2n) is 6.97. The van der Waals surface area contributed by atoms with Crippen molar-refractivity contribution in [2.45, 2.75) is 32.1 Å². The number of aromatic nitrogens is 4. The summed E-state index contributed by atoms with van der Waals surface area (Å²) in [7, 11) is 0. The first-order valence-corrected chi connectivity index (χ1v) is 9.93. The van der Waals surface area contributed by atoms with Gasteiger partial charge in [0.1, 0.15) is 12.0 Å². The van der Waals surface area contributed by atoms with E-state index >= 15 is 0 Å². The van der Waals surface area contributed by atoms with Crippen molar-refractivity contribution in [1.82, 2.24) is 25.1 Å². The minimum Gasteiger partial charge on any atom is -0.343 e. The van der Waals surface area contributed by atoms with Gasteiger partial charge in [-0.15, -0.1) is 0 Å². The third-order valence-corrected chi connectivity index (χ3v) is 5.56. The minimum absolute atomic E-state index is 0.223. The normalized spacial score (nSPS) is 15.0. The number of carbonyl (C=O) groups excluding carboxylic acids is 1. The molecule has 0 atom stereocenters. The molecule has 0 bridgehead atoms. The van der Waals surface area contributed by atoms with Crippen molar-refractivity contribution in [3.8, 4) is 22.5 Å². The predicted octanol–water partition coefficient (Wildman–Crippen LogP) is 4.30. The van der Waals surface area contributed by atoms with Gasteiger partial charge >= 0.3 is 0 Å². The molecular weight excluding hydrogens is 374 g/mol. The van der Waals surface area contributed by atoms with Crippen LogP contribution in [-0.2, 0) is 4.79 Å². The van der Waals surface area contributed by atoms with E-state index in [-0.39, 0.29) is 5.91 Å². The molecule has 28 heavy (non-hydrogen) atoms. The molecule has 1 fully saturated rings. The molecule has 1 aliphatic heterocycles. The molecule has 7 heteroatoms. The molecule has 3 heterocycles. The van der Waals surface area contributed by atoms with Gasteiger partial charge in [0.05, 0.1) is 5.69 Å². The van der Waals surface area contributed by atoms with Crippen molar-refractivity contribution in [2.24, 2.45) is 0 Å². The fraction of sp³-hybridized carbons (Fsp3) is 0.333. The van der Waals surface area contributed by atoms with Crippen molar-refractivity contribution in [1.29, 1.82) is 0 Å². The lowest BCUT2D eigenvalue weighted by molar-refractivity contribution is -0.131. The summed E-state index contributed by atoms with van der Waals surface area (Å²) >= 11 is 6.05. The lowest BCUT2D eigenvalue weighted by Gasteiger charge is -2.31. The van der Waals surface area contributed by atoms with E-state index in [1.807, 2.05) is 42.2 Å². The Morgan fingerprint density at radius 3 is 2.61 bits per heavy atom. The van der Waals surface area contributed by atoms with Gasteiger partial charge in [0.25, 0.3) is 0 Å². The number of H-pyrrole nitrogens is 1. The van der Waals surface area contributed by atoms with Crippen LogP contribution >= 0.6 is 11.6 Å². The van der Waals surface area contributed by atoms with Crippen LogP contribution in [0.2, 0.25) is 5.02 Å². The number of nitrogens with zero attached hydrogens (tertiary/aromatic N) is 4. The number of likely N-dealkylation sites (tertiary alicyclic amines) is 1. The van der Waals surface area contributed by atoms with Gasteiger partial charge in [0.2, 0.25) is 5.91 Å². The SMILES string of the molecule is CCC(=O)N1CCC(c2[nH]nc(-c3ccc(Cl)cc3)c2-c2ccncn2)CC1. The highest BCUT2D eigenvalue weighted by Crippen LogP contribution is 2.39. The summed E-state index contributed by atoms with van der Waals surface area (Å²) in [6, 6.07) is 9.57. The van der Waals surface area contributed by atoms with Crippen molar-refractivity contribution >= 4 is 17.5 Å². The number of hydrogen-bond donors (Lipinski definition) is 1. The number of hydrogen-bond acceptors (Lipinski definition) is 4. The first-order chi connectivity index (χ1) is 13.7. The van der Waals surface area contributed by atoms with Crippen LogP contribution in [0, 0.1) is 0 Å². The molecule has 3 aromatic rings. The molecule has 4 rings (SSSR count). The smallest absolute Gasteiger partial charge is 0.222 e. The molecule has 2 aromatic heterocycles. The average molecular weight is 396 g/mol. The summed E-state index contributed by atoms with van der Waals surface area (Å²) in [5, 5.41) is 8.59. The fourth-order valence-electron chi connectivity index (χ4n) is 3.81. The van der Waals surface area contributed by atoms with Gasteiger partial charge in [-0.3, -0.25) is 9.89 Å². The Kier molecular flexibility index (Phi) is 5.39. The molecule has 1 aliphatic rings. The second kappa shape index (κ2) is 8.10. The first kappa shape index (κ1) is 18.6. The van der Waals surface area contributed by atoms with Crippen molar-refractivity contribution in [3.05, 3.63) is 53.6 Å². The van der Waals surface area contributed by atoms with Gasteiger partial charge in [-0.25, -0.2) is 9.97 Å². The van der Waals surface area contributed by atoms with Gasteiger partial charge in [0, 0.05) is 53.5 Å². The highest BCUT2D eigenvalue weighted by molar-refractivity contribution is 6.30. The van der Waals surface area contributed by atoms with Crippen molar-refractivity contribution < 1.29 is 4.79 Å². The van der Waals surface area contributed by atoms with Crippen LogP contribution < -0.4 is 0 Å². The molecule has 0 radical (unpaired) electrons. The number of aromatic amines is 1. The third kappa shape index (κ3) is 3.64. The highest BCUT2D eigenvalue weighted by atomic mass is 35.5. The fourth-order valence-corrected chi connectivity index (χ4v) is 3.93. The van der Waals surface area contributed by atoms with E-state index in [2.05, 4.69) is 20.2 Å². The highest BCUT2D eigenvalue weighted by Gasteiger charge is 2.28. The zero-order valence-corrected chi connectivity index (χ0v) is 16.5. The first-order valence-electron chi connectivity index (χ1n) is 9.55. The van der Waals surface area contributed by atoms with Crippen LogP contribution in [0.5, 0.6) is 0 Å². The van der Waals surface area contributed by atoms with Crippen LogP contribution in [0.25, 0.3) is 22.5 Å². The monoisotopic (exact) mass is 395 g/mol. The summed E-state index contributed by atoms with van der Waals surface area (Å²) in [4.78, 5) is 22.5. The molecule has 0 spiro atoms. The van der Waals surface area contributed by atoms with Crippen LogP contribution in [0.3, 0.4) is 0 Å². The molecular formula is C21H22ClN5O. The summed E-state index contributed by atoms with van der Waals surface area (Å²) in [5.74, 6) is 0.528. The number of benzene rings is 1.